The van der Waals surface area contributed by atoms with E-state index in [4.69, 9.17) is 4.74 Å². The van der Waals surface area contributed by atoms with Crippen LogP contribution in [0, 0.1) is 5.82 Å². The van der Waals surface area contributed by atoms with Gasteiger partial charge in [-0.25, -0.2) is 4.39 Å². The Balaban J connectivity index is 1.49. The highest BCUT2D eigenvalue weighted by Gasteiger charge is 2.20. The van der Waals surface area contributed by atoms with Crippen molar-refractivity contribution in [1.82, 2.24) is 25.5 Å². The number of H-pyrrole nitrogens is 2. The average molecular weight is 461 g/mol. The first-order chi connectivity index (χ1) is 16.5. The second-order valence-electron chi connectivity index (χ2n) is 7.80. The minimum atomic E-state index is -0.414. The number of methoxy groups -OCH3 is 1. The first kappa shape index (κ1) is 23.1. The zero-order valence-electron chi connectivity index (χ0n) is 18.6. The van der Waals surface area contributed by atoms with E-state index < -0.39 is 5.82 Å². The van der Waals surface area contributed by atoms with Crippen molar-refractivity contribution in [3.05, 3.63) is 116 Å². The molecule has 34 heavy (non-hydrogen) atoms. The number of carbonyl (C=O) groups is 1. The van der Waals surface area contributed by atoms with Gasteiger partial charge in [0.2, 0.25) is 0 Å². The normalized spacial score (nSPS) is 10.9. The zero-order valence-corrected chi connectivity index (χ0v) is 18.6. The zero-order chi connectivity index (χ0) is 23.9. The van der Waals surface area contributed by atoms with Gasteiger partial charge < -0.3 is 15.0 Å². The number of rotatable bonds is 9. The van der Waals surface area contributed by atoms with Crippen LogP contribution >= 0.6 is 0 Å². The van der Waals surface area contributed by atoms with Crippen LogP contribution in [0.3, 0.4) is 0 Å². The number of nitrogens with zero attached hydrogens (tertiary/aromatic N) is 2. The number of aromatic amines is 2. The summed E-state index contributed by atoms with van der Waals surface area (Å²) >= 11 is 0. The number of aromatic nitrogens is 4. The van der Waals surface area contributed by atoms with Gasteiger partial charge in [-0.1, -0.05) is 30.3 Å². The number of hydrogen-bond donors (Lipinski definition) is 3. The van der Waals surface area contributed by atoms with Crippen molar-refractivity contribution in [2.75, 3.05) is 7.11 Å². The smallest absolute Gasteiger partial charge is 0.272 e. The monoisotopic (exact) mass is 461 g/mol. The van der Waals surface area contributed by atoms with Gasteiger partial charge in [0.25, 0.3) is 11.5 Å². The minimum absolute atomic E-state index is 0.0792. The van der Waals surface area contributed by atoms with Crippen LogP contribution in [-0.2, 0) is 30.7 Å². The molecule has 0 saturated heterocycles. The van der Waals surface area contributed by atoms with E-state index in [-0.39, 0.29) is 30.3 Å². The van der Waals surface area contributed by atoms with E-state index in [1.54, 1.807) is 25.4 Å². The molecule has 8 nitrogen and oxygen atoms in total. The topological polar surface area (TPSA) is 113 Å². The molecule has 0 aliphatic carbocycles. The Labute approximate surface area is 195 Å². The predicted octanol–water partition coefficient (Wildman–Crippen LogP) is 2.89. The molecule has 3 heterocycles. The van der Waals surface area contributed by atoms with Gasteiger partial charge in [-0.05, 0) is 29.3 Å². The van der Waals surface area contributed by atoms with E-state index in [1.165, 1.54) is 18.3 Å². The molecule has 0 bridgehead atoms. The third-order valence-corrected chi connectivity index (χ3v) is 5.36. The Morgan fingerprint density at radius 3 is 2.59 bits per heavy atom. The molecule has 0 spiro atoms. The molecule has 174 valence electrons. The van der Waals surface area contributed by atoms with Crippen molar-refractivity contribution < 1.29 is 13.9 Å². The van der Waals surface area contributed by atoms with Gasteiger partial charge in [-0.15, -0.1) is 0 Å². The van der Waals surface area contributed by atoms with Crippen LogP contribution in [0.1, 0.15) is 44.1 Å². The fraction of sp³-hybridized carbons (Fsp3) is 0.200. The summed E-state index contributed by atoms with van der Waals surface area (Å²) in [6.07, 6.45) is 3.95. The van der Waals surface area contributed by atoms with E-state index in [1.807, 2.05) is 24.3 Å². The summed E-state index contributed by atoms with van der Waals surface area (Å²) in [4.78, 5) is 31.5. The fourth-order valence-corrected chi connectivity index (χ4v) is 3.64. The number of amides is 1. The molecule has 3 aromatic heterocycles. The third-order valence-electron chi connectivity index (χ3n) is 5.36. The quantitative estimate of drug-likeness (QED) is 0.355. The number of benzene rings is 1. The van der Waals surface area contributed by atoms with E-state index in [0.29, 0.717) is 29.8 Å². The van der Waals surface area contributed by atoms with Crippen molar-refractivity contribution in [2.24, 2.45) is 0 Å². The van der Waals surface area contributed by atoms with Crippen LogP contribution in [0.2, 0.25) is 0 Å². The summed E-state index contributed by atoms with van der Waals surface area (Å²) < 4.78 is 18.6. The van der Waals surface area contributed by atoms with Gasteiger partial charge in [-0.2, -0.15) is 5.10 Å². The molecule has 9 heteroatoms. The van der Waals surface area contributed by atoms with Crippen molar-refractivity contribution in [2.45, 2.75) is 26.0 Å². The Bertz CT molecular complexity index is 1330. The van der Waals surface area contributed by atoms with Crippen LogP contribution < -0.4 is 10.9 Å². The first-order valence-corrected chi connectivity index (χ1v) is 10.7. The van der Waals surface area contributed by atoms with E-state index in [9.17, 15) is 14.0 Å². The van der Waals surface area contributed by atoms with Gasteiger partial charge in [0.15, 0.2) is 5.69 Å². The van der Waals surface area contributed by atoms with Crippen LogP contribution in [0.5, 0.6) is 0 Å². The number of halogens is 1. The van der Waals surface area contributed by atoms with E-state index in [0.717, 1.165) is 16.7 Å². The summed E-state index contributed by atoms with van der Waals surface area (Å²) in [5.41, 5.74) is 4.67. The number of nitrogens with one attached hydrogen (secondary N) is 3. The minimum Gasteiger partial charge on any atom is -0.378 e. The fourth-order valence-electron chi connectivity index (χ4n) is 3.64. The van der Waals surface area contributed by atoms with Crippen molar-refractivity contribution >= 4 is 5.91 Å². The predicted molar refractivity (Wildman–Crippen MR) is 124 cm³/mol. The number of hydrogen-bond acceptors (Lipinski definition) is 5. The standard InChI is InChI=1S/C25H24FN5O3/c1-34-15-22-21(23(31-30-22)25(33)29-14-20-13-19(26)8-10-27-20)12-17-6-4-16(5-7-17)11-18-3-2-9-28-24(18)32/h2-10,13H,11-12,14-15H2,1H3,(H,28,32)(H,29,33)(H,30,31). The molecule has 0 aliphatic heterocycles. The number of carbonyl (C=O) groups excluding carboxylic acids is 1. The van der Waals surface area contributed by atoms with Gasteiger partial charge in [0, 0.05) is 43.5 Å². The lowest BCUT2D eigenvalue weighted by atomic mass is 9.99. The molecule has 1 aromatic carbocycles. The summed E-state index contributed by atoms with van der Waals surface area (Å²) in [6, 6.07) is 14.0. The number of ether oxygens (including phenoxy) is 1. The number of pyridine rings is 2. The SMILES string of the molecule is COCc1[nH]nc(C(=O)NCc2cc(F)ccn2)c1Cc1ccc(Cc2ccc[nH]c2=O)cc1. The summed E-state index contributed by atoms with van der Waals surface area (Å²) in [7, 11) is 1.57. The summed E-state index contributed by atoms with van der Waals surface area (Å²) in [5.74, 6) is -0.804. The molecule has 0 aliphatic rings. The largest absolute Gasteiger partial charge is 0.378 e. The maximum absolute atomic E-state index is 13.4. The van der Waals surface area contributed by atoms with Gasteiger partial charge in [-0.3, -0.25) is 19.7 Å². The molecular formula is C25H24FN5O3. The first-order valence-electron chi connectivity index (χ1n) is 10.7. The molecular weight excluding hydrogens is 437 g/mol. The lowest BCUT2D eigenvalue weighted by Gasteiger charge is -2.08. The van der Waals surface area contributed by atoms with Crippen LogP contribution in [0.15, 0.2) is 65.7 Å². The molecule has 0 unspecified atom stereocenters. The highest BCUT2D eigenvalue weighted by molar-refractivity contribution is 5.94. The summed E-state index contributed by atoms with van der Waals surface area (Å²) in [6.45, 7) is 0.353. The Morgan fingerprint density at radius 1 is 1.12 bits per heavy atom. The van der Waals surface area contributed by atoms with Crippen LogP contribution in [-0.4, -0.2) is 33.2 Å². The summed E-state index contributed by atoms with van der Waals surface area (Å²) in [5, 5.41) is 9.82. The second-order valence-corrected chi connectivity index (χ2v) is 7.80. The highest BCUT2D eigenvalue weighted by Crippen LogP contribution is 2.19. The van der Waals surface area contributed by atoms with Crippen LogP contribution in [0.4, 0.5) is 4.39 Å². The Morgan fingerprint density at radius 2 is 1.88 bits per heavy atom. The second kappa shape index (κ2) is 10.7. The van der Waals surface area contributed by atoms with E-state index in [2.05, 4.69) is 25.5 Å². The van der Waals surface area contributed by atoms with E-state index >= 15 is 0 Å². The molecule has 0 atom stereocenters. The molecule has 4 aromatic rings. The maximum atomic E-state index is 13.4. The average Bonchev–Trinajstić information content (AvgIpc) is 3.23. The van der Waals surface area contributed by atoms with Gasteiger partial charge in [0.1, 0.15) is 5.82 Å². The Hall–Kier alpha value is -4.11. The highest BCUT2D eigenvalue weighted by atomic mass is 19.1. The Kier molecular flexibility index (Phi) is 7.24. The maximum Gasteiger partial charge on any atom is 0.272 e. The van der Waals surface area contributed by atoms with Crippen molar-refractivity contribution in [3.8, 4) is 0 Å². The molecule has 0 fully saturated rings. The molecule has 0 radical (unpaired) electrons. The van der Waals surface area contributed by atoms with Crippen molar-refractivity contribution in [1.29, 1.82) is 0 Å². The van der Waals surface area contributed by atoms with Gasteiger partial charge >= 0.3 is 0 Å². The molecule has 0 saturated carbocycles. The molecule has 1 amide bonds. The van der Waals surface area contributed by atoms with Crippen molar-refractivity contribution in [3.63, 3.8) is 0 Å². The molecule has 4 rings (SSSR count). The van der Waals surface area contributed by atoms with Gasteiger partial charge in [0.05, 0.1) is 24.5 Å². The lowest BCUT2D eigenvalue weighted by Crippen LogP contribution is -2.25. The lowest BCUT2D eigenvalue weighted by molar-refractivity contribution is 0.0944. The third kappa shape index (κ3) is 5.62. The molecule has 3 N–H and O–H groups in total. The van der Waals surface area contributed by atoms with Crippen LogP contribution in [0.25, 0.3) is 0 Å².